The second-order valence-electron chi connectivity index (χ2n) is 2.54. The third-order valence-electron chi connectivity index (χ3n) is 1.66. The predicted molar refractivity (Wildman–Crippen MR) is 47.3 cm³/mol. The van der Waals surface area contributed by atoms with E-state index in [0.29, 0.717) is 0 Å². The fourth-order valence-corrected chi connectivity index (χ4v) is 1.08. The Morgan fingerprint density at radius 2 is 2.29 bits per heavy atom. The van der Waals surface area contributed by atoms with Crippen LogP contribution in [0.5, 0.6) is 0 Å². The molecular weight excluding hydrogens is 214 g/mol. The van der Waals surface area contributed by atoms with E-state index >= 15 is 0 Å². The number of hydrogen-bond donors (Lipinski definition) is 1. The maximum absolute atomic E-state index is 12.4. The van der Waals surface area contributed by atoms with Gasteiger partial charge in [0.15, 0.2) is 0 Å². The standard InChI is InChI=1S/C8H7ClF2N2O/c9-7(14)4-1-5(8(10)11)6(2-12)13-3-4/h1,3,8H,2,12H2. The smallest absolute Gasteiger partial charge is 0.265 e. The van der Waals surface area contributed by atoms with Crippen LogP contribution < -0.4 is 5.73 Å². The molecule has 0 aliphatic rings. The molecule has 1 heterocycles. The van der Waals surface area contributed by atoms with Gasteiger partial charge in [-0.1, -0.05) is 0 Å². The average Bonchev–Trinajstić information content (AvgIpc) is 2.16. The van der Waals surface area contributed by atoms with E-state index in [0.717, 1.165) is 12.3 Å². The number of pyridine rings is 1. The fraction of sp³-hybridized carbons (Fsp3) is 0.250. The van der Waals surface area contributed by atoms with Gasteiger partial charge in [0.1, 0.15) is 0 Å². The molecule has 0 radical (unpaired) electrons. The zero-order valence-electron chi connectivity index (χ0n) is 7.01. The van der Waals surface area contributed by atoms with Gasteiger partial charge in [0.25, 0.3) is 11.7 Å². The Labute approximate surface area is 83.9 Å². The van der Waals surface area contributed by atoms with Crippen molar-refractivity contribution in [2.45, 2.75) is 13.0 Å². The number of aromatic nitrogens is 1. The van der Waals surface area contributed by atoms with E-state index in [-0.39, 0.29) is 23.4 Å². The van der Waals surface area contributed by atoms with Crippen LogP contribution in [0.25, 0.3) is 0 Å². The zero-order chi connectivity index (χ0) is 10.7. The minimum Gasteiger partial charge on any atom is -0.325 e. The number of halogens is 3. The van der Waals surface area contributed by atoms with Gasteiger partial charge in [-0.25, -0.2) is 8.78 Å². The first-order valence-electron chi connectivity index (χ1n) is 3.73. The van der Waals surface area contributed by atoms with Gasteiger partial charge in [0.2, 0.25) is 0 Å². The summed E-state index contributed by atoms with van der Waals surface area (Å²) >= 11 is 5.12. The molecule has 0 saturated heterocycles. The monoisotopic (exact) mass is 220 g/mol. The van der Waals surface area contributed by atoms with Crippen LogP contribution in [0.1, 0.15) is 28.0 Å². The van der Waals surface area contributed by atoms with Crippen molar-refractivity contribution in [3.8, 4) is 0 Å². The molecule has 0 amide bonds. The van der Waals surface area contributed by atoms with E-state index in [2.05, 4.69) is 4.98 Å². The number of carbonyl (C=O) groups excluding carboxylic acids is 1. The van der Waals surface area contributed by atoms with Crippen molar-refractivity contribution in [3.63, 3.8) is 0 Å². The van der Waals surface area contributed by atoms with Gasteiger partial charge in [0, 0.05) is 18.3 Å². The first kappa shape index (κ1) is 11.0. The highest BCUT2D eigenvalue weighted by molar-refractivity contribution is 6.67. The maximum atomic E-state index is 12.4. The summed E-state index contributed by atoms with van der Waals surface area (Å²) in [5, 5.41) is -0.817. The van der Waals surface area contributed by atoms with Gasteiger partial charge < -0.3 is 5.73 Å². The molecule has 0 aliphatic carbocycles. The summed E-state index contributed by atoms with van der Waals surface area (Å²) in [7, 11) is 0. The van der Waals surface area contributed by atoms with E-state index in [1.54, 1.807) is 0 Å². The van der Waals surface area contributed by atoms with Crippen LogP contribution in [0, 0.1) is 0 Å². The largest absolute Gasteiger partial charge is 0.325 e. The third kappa shape index (κ3) is 2.24. The van der Waals surface area contributed by atoms with Crippen molar-refractivity contribution in [3.05, 3.63) is 29.1 Å². The molecule has 1 aromatic heterocycles. The lowest BCUT2D eigenvalue weighted by Gasteiger charge is -2.06. The normalized spacial score (nSPS) is 10.6. The third-order valence-corrected chi connectivity index (χ3v) is 1.88. The highest BCUT2D eigenvalue weighted by Crippen LogP contribution is 2.22. The van der Waals surface area contributed by atoms with Crippen LogP contribution in [0.4, 0.5) is 8.78 Å². The molecule has 0 unspecified atom stereocenters. The number of carbonyl (C=O) groups is 1. The summed E-state index contributed by atoms with van der Waals surface area (Å²) in [6, 6.07) is 1.01. The highest BCUT2D eigenvalue weighted by Gasteiger charge is 2.15. The SMILES string of the molecule is NCc1ncc(C(=O)Cl)cc1C(F)F. The molecule has 6 heteroatoms. The van der Waals surface area contributed by atoms with Crippen molar-refractivity contribution >= 4 is 16.8 Å². The molecule has 0 saturated carbocycles. The molecule has 2 N–H and O–H groups in total. The average molecular weight is 221 g/mol. The van der Waals surface area contributed by atoms with Crippen molar-refractivity contribution in [2.75, 3.05) is 0 Å². The molecule has 0 atom stereocenters. The topological polar surface area (TPSA) is 56.0 Å². The minimum absolute atomic E-state index is 0.0563. The summed E-state index contributed by atoms with van der Waals surface area (Å²) in [6.45, 7) is -0.101. The Hall–Kier alpha value is -1.07. The van der Waals surface area contributed by atoms with E-state index in [9.17, 15) is 13.6 Å². The lowest BCUT2D eigenvalue weighted by Crippen LogP contribution is -2.06. The van der Waals surface area contributed by atoms with Gasteiger partial charge >= 0.3 is 0 Å². The second-order valence-corrected chi connectivity index (χ2v) is 2.88. The summed E-state index contributed by atoms with van der Waals surface area (Å²) in [6.07, 6.45) is -1.58. The van der Waals surface area contributed by atoms with Crippen LogP contribution in [0.15, 0.2) is 12.3 Å². The van der Waals surface area contributed by atoms with Gasteiger partial charge in [0.05, 0.1) is 11.3 Å². The number of hydrogen-bond acceptors (Lipinski definition) is 3. The van der Waals surface area contributed by atoms with Crippen molar-refractivity contribution < 1.29 is 13.6 Å². The lowest BCUT2D eigenvalue weighted by atomic mass is 10.1. The molecule has 0 aliphatic heterocycles. The Balaban J connectivity index is 3.20. The molecule has 1 rings (SSSR count). The zero-order valence-corrected chi connectivity index (χ0v) is 7.76. The molecule has 0 bridgehead atoms. The van der Waals surface area contributed by atoms with Gasteiger partial charge in [-0.3, -0.25) is 9.78 Å². The predicted octanol–water partition coefficient (Wildman–Crippen LogP) is 1.86. The van der Waals surface area contributed by atoms with Crippen LogP contribution in [-0.2, 0) is 6.54 Å². The molecule has 14 heavy (non-hydrogen) atoms. The number of alkyl halides is 2. The summed E-state index contributed by atoms with van der Waals surface area (Å²) in [4.78, 5) is 14.3. The number of rotatable bonds is 3. The highest BCUT2D eigenvalue weighted by atomic mass is 35.5. The number of nitrogens with zero attached hydrogens (tertiary/aromatic N) is 1. The molecule has 0 fully saturated rings. The molecule has 3 nitrogen and oxygen atoms in total. The van der Waals surface area contributed by atoms with Crippen molar-refractivity contribution in [1.29, 1.82) is 0 Å². The van der Waals surface area contributed by atoms with Crippen LogP contribution in [0.2, 0.25) is 0 Å². The Bertz CT molecular complexity index is 357. The van der Waals surface area contributed by atoms with E-state index in [4.69, 9.17) is 17.3 Å². The van der Waals surface area contributed by atoms with Gasteiger partial charge in [-0.15, -0.1) is 0 Å². The lowest BCUT2D eigenvalue weighted by molar-refractivity contribution is 0.108. The van der Waals surface area contributed by atoms with E-state index in [1.807, 2.05) is 0 Å². The van der Waals surface area contributed by atoms with Gasteiger partial charge in [-0.05, 0) is 17.7 Å². The van der Waals surface area contributed by atoms with Crippen molar-refractivity contribution in [2.24, 2.45) is 5.73 Å². The molecule has 0 spiro atoms. The van der Waals surface area contributed by atoms with Crippen LogP contribution >= 0.6 is 11.6 Å². The summed E-state index contributed by atoms with van der Waals surface area (Å²) in [5.41, 5.74) is 4.87. The first-order chi connectivity index (χ1) is 6.56. The van der Waals surface area contributed by atoms with Gasteiger partial charge in [-0.2, -0.15) is 0 Å². The van der Waals surface area contributed by atoms with E-state index in [1.165, 1.54) is 0 Å². The molecule has 76 valence electrons. The molecular formula is C8H7ClF2N2O. The number of nitrogens with two attached hydrogens (primary N) is 1. The van der Waals surface area contributed by atoms with E-state index < -0.39 is 11.7 Å². The summed E-state index contributed by atoms with van der Waals surface area (Å²) in [5.74, 6) is 0. The van der Waals surface area contributed by atoms with Crippen molar-refractivity contribution in [1.82, 2.24) is 4.98 Å². The Morgan fingerprint density at radius 1 is 1.64 bits per heavy atom. The van der Waals surface area contributed by atoms with Crippen LogP contribution in [0.3, 0.4) is 0 Å². The first-order valence-corrected chi connectivity index (χ1v) is 4.11. The summed E-state index contributed by atoms with van der Waals surface area (Å²) < 4.78 is 24.8. The minimum atomic E-state index is -2.71. The molecule has 0 aromatic carbocycles. The Morgan fingerprint density at radius 3 is 2.71 bits per heavy atom. The quantitative estimate of drug-likeness (QED) is 0.791. The van der Waals surface area contributed by atoms with Crippen LogP contribution in [-0.4, -0.2) is 10.2 Å². The fourth-order valence-electron chi connectivity index (χ4n) is 0.977. The Kier molecular flexibility index (Phi) is 3.49. The second kappa shape index (κ2) is 4.43. The molecule has 1 aromatic rings. The maximum Gasteiger partial charge on any atom is 0.265 e.